The lowest BCUT2D eigenvalue weighted by Gasteiger charge is -2.00. The summed E-state index contributed by atoms with van der Waals surface area (Å²) in [7, 11) is -0.0363. The van der Waals surface area contributed by atoms with Crippen LogP contribution in [0.15, 0.2) is 0 Å². The maximum Gasteiger partial charge on any atom is 0.221 e. The molecule has 4 heteroatoms. The number of hydrogen-bond acceptors (Lipinski definition) is 2. The van der Waals surface area contributed by atoms with Crippen LogP contribution in [-0.2, 0) is 8.91 Å². The Hall–Kier alpha value is 0.0638. The summed E-state index contributed by atoms with van der Waals surface area (Å²) in [6.07, 6.45) is 8.35. The topological polar surface area (TPSA) is 26.3 Å². The Morgan fingerprint density at radius 1 is 1.23 bits per heavy atom. The van der Waals surface area contributed by atoms with Crippen LogP contribution in [0.1, 0.15) is 51.9 Å². The monoisotopic (exact) mass is 218 g/mol. The molecule has 0 heterocycles. The molecule has 0 saturated carbocycles. The van der Waals surface area contributed by atoms with Crippen LogP contribution in [0.25, 0.3) is 0 Å². The van der Waals surface area contributed by atoms with Gasteiger partial charge in [-0.15, -0.1) is 0 Å². The fourth-order valence-corrected chi connectivity index (χ4v) is 3.02. The molecule has 0 spiro atoms. The van der Waals surface area contributed by atoms with Crippen molar-refractivity contribution >= 4 is 25.7 Å². The van der Waals surface area contributed by atoms with Gasteiger partial charge in [-0.1, -0.05) is 39.0 Å². The minimum Gasteiger partial charge on any atom is -0.463 e. The Balaban J connectivity index is 3.02. The normalized spacial score (nSPS) is 11.5. The van der Waals surface area contributed by atoms with E-state index < -0.39 is 9.76 Å². The lowest BCUT2D eigenvalue weighted by molar-refractivity contribution is -0.112. The lowest BCUT2D eigenvalue weighted by atomic mass is 10.1. The van der Waals surface area contributed by atoms with Crippen LogP contribution in [0.3, 0.4) is 0 Å². The summed E-state index contributed by atoms with van der Waals surface area (Å²) in [5.74, 6) is 0. The summed E-state index contributed by atoms with van der Waals surface area (Å²) in [5.41, 5.74) is 0. The van der Waals surface area contributed by atoms with E-state index in [9.17, 15) is 4.79 Å². The van der Waals surface area contributed by atoms with Crippen molar-refractivity contribution in [3.05, 3.63) is 0 Å². The first-order valence-electron chi connectivity index (χ1n) is 5.32. The van der Waals surface area contributed by atoms with E-state index >= 15 is 0 Å². The van der Waals surface area contributed by atoms with E-state index in [4.69, 9.17) is 4.12 Å². The maximum atomic E-state index is 11.1. The van der Waals surface area contributed by atoms with Gasteiger partial charge in [0.05, 0.1) is 0 Å². The highest BCUT2D eigenvalue weighted by molar-refractivity contribution is 6.70. The van der Waals surface area contributed by atoms with Crippen molar-refractivity contribution in [3.63, 3.8) is 0 Å². The highest BCUT2D eigenvalue weighted by atomic mass is 28.3. The lowest BCUT2D eigenvalue weighted by Crippen LogP contribution is -2.10. The van der Waals surface area contributed by atoms with Gasteiger partial charge in [0, 0.05) is 6.42 Å². The van der Waals surface area contributed by atoms with Crippen LogP contribution in [-0.4, -0.2) is 25.7 Å². The fourth-order valence-electron chi connectivity index (χ4n) is 1.34. The van der Waals surface area contributed by atoms with Gasteiger partial charge in [-0.05, 0) is 6.42 Å². The molecule has 0 aliphatic carbocycles. The molecule has 0 bridgehead atoms. The standard InChI is InChI=1S/C9H22O2Si2/c1-2-3-4-5-6-7-8-9(10)13-11-12/h2-8,13H2,1,12H3. The van der Waals surface area contributed by atoms with Gasteiger partial charge in [0.25, 0.3) is 0 Å². The van der Waals surface area contributed by atoms with Gasteiger partial charge in [0.1, 0.15) is 15.9 Å². The summed E-state index contributed by atoms with van der Waals surface area (Å²) in [4.78, 5) is 11.1. The second kappa shape index (κ2) is 10.1. The van der Waals surface area contributed by atoms with Crippen molar-refractivity contribution in [2.75, 3.05) is 0 Å². The van der Waals surface area contributed by atoms with E-state index in [2.05, 4.69) is 6.92 Å². The summed E-state index contributed by atoms with van der Waals surface area (Å²) in [6, 6.07) is 0. The number of unbranched alkanes of at least 4 members (excludes halogenated alkanes) is 5. The number of rotatable bonds is 9. The van der Waals surface area contributed by atoms with Gasteiger partial charge in [0.2, 0.25) is 9.76 Å². The molecule has 0 rings (SSSR count). The van der Waals surface area contributed by atoms with Gasteiger partial charge in [-0.3, -0.25) is 0 Å². The Kier molecular flexibility index (Phi) is 10.2. The first-order chi connectivity index (χ1) is 6.31. The highest BCUT2D eigenvalue weighted by Crippen LogP contribution is 2.06. The zero-order chi connectivity index (χ0) is 9.94. The molecule has 0 atom stereocenters. The molecule has 0 aromatic heterocycles. The summed E-state index contributed by atoms with van der Waals surface area (Å²) in [5, 5.41) is 0.408. The Labute approximate surface area is 86.9 Å². The minimum absolute atomic E-state index is 0.408. The molecule has 0 N–H and O–H groups in total. The van der Waals surface area contributed by atoms with Crippen LogP contribution in [0.2, 0.25) is 0 Å². The number of carbonyl (C=O) groups excluding carboxylic acids is 1. The van der Waals surface area contributed by atoms with Crippen molar-refractivity contribution in [3.8, 4) is 0 Å². The van der Waals surface area contributed by atoms with Crippen molar-refractivity contribution < 1.29 is 8.91 Å². The zero-order valence-corrected chi connectivity index (χ0v) is 12.4. The van der Waals surface area contributed by atoms with Gasteiger partial charge in [-0.2, -0.15) is 0 Å². The van der Waals surface area contributed by atoms with Crippen molar-refractivity contribution in [1.29, 1.82) is 0 Å². The van der Waals surface area contributed by atoms with E-state index in [1.807, 2.05) is 0 Å². The maximum absolute atomic E-state index is 11.1. The van der Waals surface area contributed by atoms with Crippen LogP contribution >= 0.6 is 0 Å². The smallest absolute Gasteiger partial charge is 0.221 e. The van der Waals surface area contributed by atoms with E-state index in [0.29, 0.717) is 5.41 Å². The summed E-state index contributed by atoms with van der Waals surface area (Å²) >= 11 is 0. The first kappa shape index (κ1) is 13.1. The average molecular weight is 218 g/mol. The molecular formula is C9H22O2Si2. The molecule has 0 radical (unpaired) electrons. The van der Waals surface area contributed by atoms with Gasteiger partial charge >= 0.3 is 0 Å². The van der Waals surface area contributed by atoms with E-state index in [0.717, 1.165) is 23.3 Å². The molecule has 0 amide bonds. The molecule has 0 saturated heterocycles. The second-order valence-corrected chi connectivity index (χ2v) is 6.88. The molecule has 13 heavy (non-hydrogen) atoms. The molecule has 0 aromatic carbocycles. The SMILES string of the molecule is CCCCCCCCC(=O)[SiH2]O[SiH3]. The molecule has 0 aromatic rings. The molecular weight excluding hydrogens is 196 g/mol. The first-order valence-corrected chi connectivity index (χ1v) is 7.42. The minimum atomic E-state index is -0.775. The van der Waals surface area contributed by atoms with Crippen LogP contribution in [0, 0.1) is 0 Å². The largest absolute Gasteiger partial charge is 0.463 e. The van der Waals surface area contributed by atoms with Gasteiger partial charge < -0.3 is 8.91 Å². The Morgan fingerprint density at radius 3 is 2.46 bits per heavy atom. The van der Waals surface area contributed by atoms with Gasteiger partial charge in [-0.25, -0.2) is 0 Å². The van der Waals surface area contributed by atoms with E-state index in [1.165, 1.54) is 32.1 Å². The highest BCUT2D eigenvalue weighted by Gasteiger charge is 2.00. The predicted octanol–water partition coefficient (Wildman–Crippen LogP) is 0.644. The predicted molar refractivity (Wildman–Crippen MR) is 62.6 cm³/mol. The zero-order valence-electron chi connectivity index (χ0n) is 8.97. The number of carbonyl (C=O) groups is 1. The van der Waals surface area contributed by atoms with Crippen molar-refractivity contribution in [1.82, 2.24) is 0 Å². The third-order valence-corrected chi connectivity index (χ3v) is 3.94. The van der Waals surface area contributed by atoms with E-state index in [-0.39, 0.29) is 0 Å². The molecule has 2 nitrogen and oxygen atoms in total. The van der Waals surface area contributed by atoms with Crippen LogP contribution in [0.5, 0.6) is 0 Å². The third kappa shape index (κ3) is 9.98. The molecule has 0 fully saturated rings. The Morgan fingerprint density at radius 2 is 1.85 bits per heavy atom. The van der Waals surface area contributed by atoms with Crippen molar-refractivity contribution in [2.45, 2.75) is 51.9 Å². The van der Waals surface area contributed by atoms with Gasteiger partial charge in [0.15, 0.2) is 0 Å². The van der Waals surface area contributed by atoms with E-state index in [1.54, 1.807) is 0 Å². The van der Waals surface area contributed by atoms with Crippen LogP contribution in [0.4, 0.5) is 0 Å². The average Bonchev–Trinajstić information content (AvgIpc) is 2.11. The molecule has 0 aliphatic heterocycles. The second-order valence-electron chi connectivity index (χ2n) is 3.49. The third-order valence-electron chi connectivity index (χ3n) is 2.11. The molecule has 0 aliphatic rings. The quantitative estimate of drug-likeness (QED) is 0.419. The molecule has 78 valence electrons. The number of hydrogen-bond donors (Lipinski definition) is 0. The molecule has 0 unspecified atom stereocenters. The summed E-state index contributed by atoms with van der Waals surface area (Å²) < 4.78 is 5.03. The van der Waals surface area contributed by atoms with Crippen LogP contribution < -0.4 is 0 Å². The Bertz CT molecular complexity index is 129. The van der Waals surface area contributed by atoms with Crippen molar-refractivity contribution in [2.24, 2.45) is 0 Å². The summed E-state index contributed by atoms with van der Waals surface area (Å²) in [6.45, 7) is 2.22. The fraction of sp³-hybridized carbons (Fsp3) is 0.889.